The normalized spacial score (nSPS) is 15.4. The number of fused-ring (bicyclic) bond motifs is 1. The van der Waals surface area contributed by atoms with Crippen LogP contribution in [0.3, 0.4) is 0 Å². The summed E-state index contributed by atoms with van der Waals surface area (Å²) in [5, 5.41) is 3.25. The van der Waals surface area contributed by atoms with Crippen molar-refractivity contribution in [1.29, 1.82) is 0 Å². The molecule has 2 aromatic carbocycles. The predicted molar refractivity (Wildman–Crippen MR) is 86.4 cm³/mol. The quantitative estimate of drug-likeness (QED) is 0.632. The second-order valence-corrected chi connectivity index (χ2v) is 5.06. The van der Waals surface area contributed by atoms with Gasteiger partial charge in [0.2, 0.25) is 0 Å². The van der Waals surface area contributed by atoms with Crippen LogP contribution in [0.2, 0.25) is 0 Å². The first-order chi connectivity index (χ1) is 9.28. The standard InChI is InChI=1S/C17H15NS/c1-2-12-7-9-13(10-8-12)11-15-14-5-3-4-6-16(14)18-17(15)19/h3-11H,2H2,1H3,(H,18,19)/b15-11+. The van der Waals surface area contributed by atoms with Crippen LogP contribution in [-0.2, 0) is 6.42 Å². The summed E-state index contributed by atoms with van der Waals surface area (Å²) in [6.45, 7) is 2.17. The van der Waals surface area contributed by atoms with E-state index in [0.29, 0.717) is 0 Å². The highest BCUT2D eigenvalue weighted by atomic mass is 32.1. The van der Waals surface area contributed by atoms with Crippen molar-refractivity contribution in [3.8, 4) is 0 Å². The summed E-state index contributed by atoms with van der Waals surface area (Å²) in [5.41, 5.74) is 5.94. The molecule has 0 spiro atoms. The van der Waals surface area contributed by atoms with Gasteiger partial charge in [0, 0.05) is 16.8 Å². The molecule has 2 heteroatoms. The molecule has 0 bridgehead atoms. The molecule has 0 saturated heterocycles. The number of aryl methyl sites for hydroxylation is 1. The Morgan fingerprint density at radius 2 is 1.79 bits per heavy atom. The van der Waals surface area contributed by atoms with E-state index in [0.717, 1.165) is 22.7 Å². The van der Waals surface area contributed by atoms with Crippen LogP contribution in [0.15, 0.2) is 48.5 Å². The number of benzene rings is 2. The van der Waals surface area contributed by atoms with Crippen LogP contribution in [0.1, 0.15) is 23.6 Å². The van der Waals surface area contributed by atoms with Gasteiger partial charge in [0.05, 0.1) is 0 Å². The van der Waals surface area contributed by atoms with Crippen molar-refractivity contribution >= 4 is 34.5 Å². The smallest absolute Gasteiger partial charge is 0.111 e. The first-order valence-corrected chi connectivity index (χ1v) is 6.90. The van der Waals surface area contributed by atoms with E-state index in [4.69, 9.17) is 12.2 Å². The largest absolute Gasteiger partial charge is 0.346 e. The van der Waals surface area contributed by atoms with Crippen LogP contribution in [0.4, 0.5) is 5.69 Å². The average Bonchev–Trinajstić information content (AvgIpc) is 2.76. The first-order valence-electron chi connectivity index (χ1n) is 6.49. The van der Waals surface area contributed by atoms with Gasteiger partial charge >= 0.3 is 0 Å². The fourth-order valence-electron chi connectivity index (χ4n) is 2.30. The number of thiocarbonyl (C=S) groups is 1. The second-order valence-electron chi connectivity index (χ2n) is 4.65. The Morgan fingerprint density at radius 1 is 1.05 bits per heavy atom. The molecule has 19 heavy (non-hydrogen) atoms. The van der Waals surface area contributed by atoms with E-state index in [1.807, 2.05) is 12.1 Å². The molecule has 1 nitrogen and oxygen atoms in total. The highest BCUT2D eigenvalue weighted by Crippen LogP contribution is 2.33. The Balaban J connectivity index is 2.01. The topological polar surface area (TPSA) is 12.0 Å². The molecule has 3 rings (SSSR count). The van der Waals surface area contributed by atoms with E-state index in [1.54, 1.807) is 0 Å². The van der Waals surface area contributed by atoms with E-state index in [-0.39, 0.29) is 0 Å². The van der Waals surface area contributed by atoms with Crippen molar-refractivity contribution in [1.82, 2.24) is 0 Å². The van der Waals surface area contributed by atoms with E-state index >= 15 is 0 Å². The molecule has 1 heterocycles. The van der Waals surface area contributed by atoms with Crippen LogP contribution in [0, 0.1) is 0 Å². The van der Waals surface area contributed by atoms with Crippen molar-refractivity contribution < 1.29 is 0 Å². The van der Waals surface area contributed by atoms with Gasteiger partial charge in [-0.2, -0.15) is 0 Å². The SMILES string of the molecule is CCc1ccc(/C=C2/C(=S)Nc3ccccc32)cc1. The van der Waals surface area contributed by atoms with Crippen molar-refractivity contribution in [2.24, 2.45) is 0 Å². The number of hydrogen-bond acceptors (Lipinski definition) is 1. The molecule has 0 atom stereocenters. The third-order valence-corrected chi connectivity index (χ3v) is 3.73. The van der Waals surface area contributed by atoms with Crippen molar-refractivity contribution in [3.05, 3.63) is 65.2 Å². The van der Waals surface area contributed by atoms with Gasteiger partial charge in [-0.3, -0.25) is 0 Å². The molecule has 0 aliphatic carbocycles. The van der Waals surface area contributed by atoms with Gasteiger partial charge in [0.1, 0.15) is 4.99 Å². The van der Waals surface area contributed by atoms with Crippen LogP contribution < -0.4 is 5.32 Å². The second kappa shape index (κ2) is 4.98. The highest BCUT2D eigenvalue weighted by Gasteiger charge is 2.19. The molecule has 0 amide bonds. The maximum atomic E-state index is 5.41. The maximum Gasteiger partial charge on any atom is 0.111 e. The number of rotatable bonds is 2. The molecule has 0 saturated carbocycles. The highest BCUT2D eigenvalue weighted by molar-refractivity contribution is 7.81. The lowest BCUT2D eigenvalue weighted by atomic mass is 10.0. The van der Waals surface area contributed by atoms with E-state index in [9.17, 15) is 0 Å². The maximum absolute atomic E-state index is 5.41. The molecule has 0 unspecified atom stereocenters. The molecular formula is C17H15NS. The summed E-state index contributed by atoms with van der Waals surface area (Å²) in [5.74, 6) is 0. The van der Waals surface area contributed by atoms with Crippen LogP contribution in [0.25, 0.3) is 11.6 Å². The molecule has 94 valence electrons. The number of para-hydroxylation sites is 1. The van der Waals surface area contributed by atoms with E-state index in [1.165, 1.54) is 16.7 Å². The monoisotopic (exact) mass is 265 g/mol. The Kier molecular flexibility index (Phi) is 3.18. The molecule has 2 aromatic rings. The molecule has 1 aliphatic heterocycles. The van der Waals surface area contributed by atoms with Gasteiger partial charge in [-0.15, -0.1) is 0 Å². The molecule has 1 N–H and O–H groups in total. The Morgan fingerprint density at radius 3 is 2.53 bits per heavy atom. The fraction of sp³-hybridized carbons (Fsp3) is 0.118. The summed E-state index contributed by atoms with van der Waals surface area (Å²) in [6.07, 6.45) is 3.22. The van der Waals surface area contributed by atoms with Gasteiger partial charge in [0.25, 0.3) is 0 Å². The third kappa shape index (κ3) is 2.32. The summed E-state index contributed by atoms with van der Waals surface area (Å²) in [4.78, 5) is 0.806. The molecule has 0 radical (unpaired) electrons. The van der Waals surface area contributed by atoms with E-state index in [2.05, 4.69) is 54.7 Å². The molecule has 0 fully saturated rings. The first kappa shape index (κ1) is 12.1. The van der Waals surface area contributed by atoms with Crippen molar-refractivity contribution in [3.63, 3.8) is 0 Å². The zero-order chi connectivity index (χ0) is 13.2. The van der Waals surface area contributed by atoms with Gasteiger partial charge in [-0.25, -0.2) is 0 Å². The fourth-order valence-corrected chi connectivity index (χ4v) is 2.58. The Hall–Kier alpha value is -1.93. The number of anilines is 1. The summed E-state index contributed by atoms with van der Waals surface area (Å²) in [6, 6.07) is 16.9. The van der Waals surface area contributed by atoms with Crippen LogP contribution >= 0.6 is 12.2 Å². The predicted octanol–water partition coefficient (Wildman–Crippen LogP) is 4.54. The minimum atomic E-state index is 0.806. The minimum absolute atomic E-state index is 0.806. The van der Waals surface area contributed by atoms with E-state index < -0.39 is 0 Å². The third-order valence-electron chi connectivity index (χ3n) is 3.41. The average molecular weight is 265 g/mol. The molecule has 0 aromatic heterocycles. The minimum Gasteiger partial charge on any atom is -0.346 e. The van der Waals surface area contributed by atoms with Gasteiger partial charge in [-0.1, -0.05) is 61.6 Å². The lowest BCUT2D eigenvalue weighted by Crippen LogP contribution is -2.00. The van der Waals surface area contributed by atoms with Gasteiger partial charge < -0.3 is 5.32 Å². The lowest BCUT2D eigenvalue weighted by molar-refractivity contribution is 1.14. The molecular weight excluding hydrogens is 250 g/mol. The lowest BCUT2D eigenvalue weighted by Gasteiger charge is -2.01. The van der Waals surface area contributed by atoms with Crippen molar-refractivity contribution in [2.75, 3.05) is 5.32 Å². The summed E-state index contributed by atoms with van der Waals surface area (Å²) in [7, 11) is 0. The summed E-state index contributed by atoms with van der Waals surface area (Å²) < 4.78 is 0. The van der Waals surface area contributed by atoms with Crippen LogP contribution in [0.5, 0.6) is 0 Å². The number of nitrogens with one attached hydrogen (secondary N) is 1. The van der Waals surface area contributed by atoms with Crippen molar-refractivity contribution in [2.45, 2.75) is 13.3 Å². The molecule has 1 aliphatic rings. The zero-order valence-corrected chi connectivity index (χ0v) is 11.6. The summed E-state index contributed by atoms with van der Waals surface area (Å²) >= 11 is 5.41. The zero-order valence-electron chi connectivity index (χ0n) is 10.8. The Labute approximate surface area is 119 Å². The van der Waals surface area contributed by atoms with Gasteiger partial charge in [-0.05, 0) is 29.7 Å². The van der Waals surface area contributed by atoms with Gasteiger partial charge in [0.15, 0.2) is 0 Å². The van der Waals surface area contributed by atoms with Crippen LogP contribution in [-0.4, -0.2) is 4.99 Å². The Bertz CT molecular complexity index is 653. The number of hydrogen-bond donors (Lipinski definition) is 1.